The van der Waals surface area contributed by atoms with Crippen LogP contribution in [0, 0.1) is 0 Å². The second kappa shape index (κ2) is 6.56. The number of imidazole rings is 1. The van der Waals surface area contributed by atoms with Crippen LogP contribution in [0.3, 0.4) is 0 Å². The largest absolute Gasteiger partial charge is 0.395 e. The summed E-state index contributed by atoms with van der Waals surface area (Å²) >= 11 is 0. The number of aromatic nitrogens is 3. The SMILES string of the molecule is CCC(CC)N(CCO)c1nc(NC)cn2ccnc12. The zero-order valence-electron chi connectivity index (χ0n) is 12.4. The molecule has 2 N–H and O–H groups in total. The number of hydrogen-bond acceptors (Lipinski definition) is 5. The van der Waals surface area contributed by atoms with Gasteiger partial charge in [-0.05, 0) is 12.8 Å². The number of fused-ring (bicyclic) bond motifs is 1. The fourth-order valence-corrected chi connectivity index (χ4v) is 2.53. The summed E-state index contributed by atoms with van der Waals surface area (Å²) < 4.78 is 1.96. The molecule has 0 amide bonds. The van der Waals surface area contributed by atoms with Crippen molar-refractivity contribution in [2.24, 2.45) is 0 Å². The fraction of sp³-hybridized carbons (Fsp3) is 0.571. The first kappa shape index (κ1) is 14.6. The van der Waals surface area contributed by atoms with Gasteiger partial charge in [0, 0.05) is 32.0 Å². The maximum Gasteiger partial charge on any atom is 0.180 e. The number of anilines is 2. The van der Waals surface area contributed by atoms with Crippen molar-refractivity contribution in [3.8, 4) is 0 Å². The van der Waals surface area contributed by atoms with Crippen molar-refractivity contribution in [3.63, 3.8) is 0 Å². The van der Waals surface area contributed by atoms with Crippen LogP contribution in [0.5, 0.6) is 0 Å². The van der Waals surface area contributed by atoms with E-state index in [-0.39, 0.29) is 6.61 Å². The lowest BCUT2D eigenvalue weighted by atomic mass is 10.1. The van der Waals surface area contributed by atoms with E-state index in [4.69, 9.17) is 0 Å². The van der Waals surface area contributed by atoms with Crippen LogP contribution < -0.4 is 10.2 Å². The molecule has 2 heterocycles. The standard InChI is InChI=1S/C14H23N5O/c1-4-11(5-2)19(8-9-20)14-13-16-6-7-18(13)10-12(15-3)17-14/h6-7,10-11,15,20H,4-5,8-9H2,1-3H3. The zero-order chi connectivity index (χ0) is 14.5. The van der Waals surface area contributed by atoms with Gasteiger partial charge in [-0.25, -0.2) is 9.97 Å². The lowest BCUT2D eigenvalue weighted by Gasteiger charge is -2.31. The summed E-state index contributed by atoms with van der Waals surface area (Å²) in [5.41, 5.74) is 0.823. The molecule has 6 heteroatoms. The van der Waals surface area contributed by atoms with Gasteiger partial charge < -0.3 is 19.7 Å². The predicted octanol–water partition coefficient (Wildman–Crippen LogP) is 1.76. The summed E-state index contributed by atoms with van der Waals surface area (Å²) in [4.78, 5) is 11.2. The van der Waals surface area contributed by atoms with E-state index in [1.165, 1.54) is 0 Å². The molecule has 6 nitrogen and oxygen atoms in total. The Morgan fingerprint density at radius 2 is 2.15 bits per heavy atom. The number of aliphatic hydroxyl groups is 1. The molecular formula is C14H23N5O. The summed E-state index contributed by atoms with van der Waals surface area (Å²) in [6.07, 6.45) is 7.61. The molecule has 110 valence electrons. The minimum Gasteiger partial charge on any atom is -0.395 e. The average molecular weight is 277 g/mol. The predicted molar refractivity (Wildman–Crippen MR) is 81.3 cm³/mol. The molecular weight excluding hydrogens is 254 g/mol. The molecule has 0 aliphatic heterocycles. The summed E-state index contributed by atoms with van der Waals surface area (Å²) in [6.45, 7) is 4.98. The van der Waals surface area contributed by atoms with E-state index < -0.39 is 0 Å². The van der Waals surface area contributed by atoms with Crippen LogP contribution in [0.15, 0.2) is 18.6 Å². The molecule has 0 aliphatic rings. The van der Waals surface area contributed by atoms with Gasteiger partial charge in [0.05, 0.1) is 12.8 Å². The van der Waals surface area contributed by atoms with Gasteiger partial charge >= 0.3 is 0 Å². The Balaban J connectivity index is 2.53. The van der Waals surface area contributed by atoms with Crippen molar-refractivity contribution in [2.75, 3.05) is 30.4 Å². The van der Waals surface area contributed by atoms with Crippen LogP contribution in [0.1, 0.15) is 26.7 Å². The van der Waals surface area contributed by atoms with Crippen LogP contribution in [-0.4, -0.2) is 45.7 Å². The maximum atomic E-state index is 9.37. The van der Waals surface area contributed by atoms with Gasteiger partial charge in [-0.2, -0.15) is 0 Å². The van der Waals surface area contributed by atoms with E-state index in [2.05, 4.69) is 34.0 Å². The van der Waals surface area contributed by atoms with E-state index in [1.807, 2.05) is 23.8 Å². The zero-order valence-corrected chi connectivity index (χ0v) is 12.4. The Morgan fingerprint density at radius 1 is 1.40 bits per heavy atom. The molecule has 2 aromatic rings. The van der Waals surface area contributed by atoms with Gasteiger partial charge in [0.15, 0.2) is 11.5 Å². The minimum absolute atomic E-state index is 0.106. The van der Waals surface area contributed by atoms with Gasteiger partial charge in [-0.3, -0.25) is 0 Å². The van der Waals surface area contributed by atoms with Gasteiger partial charge in [0.2, 0.25) is 0 Å². The molecule has 0 unspecified atom stereocenters. The number of rotatable bonds is 7. The first-order valence-electron chi connectivity index (χ1n) is 7.14. The van der Waals surface area contributed by atoms with Crippen LogP contribution >= 0.6 is 0 Å². The molecule has 0 atom stereocenters. The molecule has 2 aromatic heterocycles. The topological polar surface area (TPSA) is 65.7 Å². The first-order valence-corrected chi connectivity index (χ1v) is 7.14. The average Bonchev–Trinajstić information content (AvgIpc) is 2.94. The first-order chi connectivity index (χ1) is 9.74. The van der Waals surface area contributed by atoms with Crippen LogP contribution in [0.4, 0.5) is 11.6 Å². The van der Waals surface area contributed by atoms with Crippen LogP contribution in [0.2, 0.25) is 0 Å². The van der Waals surface area contributed by atoms with E-state index in [9.17, 15) is 5.11 Å². The number of nitrogens with zero attached hydrogens (tertiary/aromatic N) is 4. The smallest absolute Gasteiger partial charge is 0.180 e. The molecule has 2 rings (SSSR count). The molecule has 20 heavy (non-hydrogen) atoms. The van der Waals surface area contributed by atoms with Crippen molar-refractivity contribution in [1.82, 2.24) is 14.4 Å². The lowest BCUT2D eigenvalue weighted by Crippen LogP contribution is -2.38. The molecule has 0 radical (unpaired) electrons. The third-order valence-corrected chi connectivity index (χ3v) is 3.61. The molecule has 0 aromatic carbocycles. The fourth-order valence-electron chi connectivity index (χ4n) is 2.53. The minimum atomic E-state index is 0.106. The number of aliphatic hydroxyl groups excluding tert-OH is 1. The third-order valence-electron chi connectivity index (χ3n) is 3.61. The van der Waals surface area contributed by atoms with E-state index in [1.54, 1.807) is 6.20 Å². The number of hydrogen-bond donors (Lipinski definition) is 2. The normalized spacial score (nSPS) is 11.2. The Morgan fingerprint density at radius 3 is 2.75 bits per heavy atom. The Bertz CT molecular complexity index is 549. The molecule has 0 bridgehead atoms. The highest BCUT2D eigenvalue weighted by Gasteiger charge is 2.20. The molecule has 0 fully saturated rings. The Kier molecular flexibility index (Phi) is 4.79. The highest BCUT2D eigenvalue weighted by atomic mass is 16.3. The van der Waals surface area contributed by atoms with E-state index in [0.29, 0.717) is 12.6 Å². The van der Waals surface area contributed by atoms with E-state index in [0.717, 1.165) is 30.1 Å². The van der Waals surface area contributed by atoms with Crippen LogP contribution in [0.25, 0.3) is 5.65 Å². The van der Waals surface area contributed by atoms with Crippen molar-refractivity contribution < 1.29 is 5.11 Å². The highest BCUT2D eigenvalue weighted by molar-refractivity contribution is 5.67. The van der Waals surface area contributed by atoms with Crippen molar-refractivity contribution in [1.29, 1.82) is 0 Å². The summed E-state index contributed by atoms with van der Waals surface area (Å²) in [5.74, 6) is 1.61. The van der Waals surface area contributed by atoms with E-state index >= 15 is 0 Å². The second-order valence-corrected chi connectivity index (χ2v) is 4.75. The van der Waals surface area contributed by atoms with Crippen molar-refractivity contribution in [3.05, 3.63) is 18.6 Å². The summed E-state index contributed by atoms with van der Waals surface area (Å²) in [6, 6.07) is 0.349. The molecule has 0 spiro atoms. The van der Waals surface area contributed by atoms with Gasteiger partial charge in [-0.15, -0.1) is 0 Å². The summed E-state index contributed by atoms with van der Waals surface area (Å²) in [5, 5.41) is 12.4. The lowest BCUT2D eigenvalue weighted by molar-refractivity contribution is 0.295. The highest BCUT2D eigenvalue weighted by Crippen LogP contribution is 2.24. The number of nitrogens with one attached hydrogen (secondary N) is 1. The molecule has 0 saturated carbocycles. The quantitative estimate of drug-likeness (QED) is 0.807. The van der Waals surface area contributed by atoms with Gasteiger partial charge in [0.1, 0.15) is 5.82 Å². The monoisotopic (exact) mass is 277 g/mol. The van der Waals surface area contributed by atoms with Gasteiger partial charge in [-0.1, -0.05) is 13.8 Å². The second-order valence-electron chi connectivity index (χ2n) is 4.75. The van der Waals surface area contributed by atoms with Crippen molar-refractivity contribution >= 4 is 17.3 Å². The Hall–Kier alpha value is -1.82. The van der Waals surface area contributed by atoms with Crippen molar-refractivity contribution in [2.45, 2.75) is 32.7 Å². The molecule has 0 aliphatic carbocycles. The van der Waals surface area contributed by atoms with Gasteiger partial charge in [0.25, 0.3) is 0 Å². The van der Waals surface area contributed by atoms with Crippen LogP contribution in [-0.2, 0) is 0 Å². The summed E-state index contributed by atoms with van der Waals surface area (Å²) in [7, 11) is 1.85. The maximum absolute atomic E-state index is 9.37. The Labute approximate surface area is 119 Å². The third kappa shape index (κ3) is 2.70. The molecule has 0 saturated heterocycles.